The molecule has 0 unspecified atom stereocenters. The first kappa shape index (κ1) is 22.3. The second-order valence-electron chi connectivity index (χ2n) is 5.34. The van der Waals surface area contributed by atoms with Crippen LogP contribution in [0, 0.1) is 0 Å². The van der Waals surface area contributed by atoms with Gasteiger partial charge in [-0.15, -0.1) is 0 Å². The SMILES string of the molecule is C=C(C)C(=O)OCCCN(CCCOC(=O)C(=C)C)S(=O)(=O)CC. The summed E-state index contributed by atoms with van der Waals surface area (Å²) in [6, 6.07) is 0. The van der Waals surface area contributed by atoms with Crippen LogP contribution in [0.4, 0.5) is 0 Å². The zero-order valence-electron chi connectivity index (χ0n) is 14.7. The fourth-order valence-corrected chi connectivity index (χ4v) is 2.81. The summed E-state index contributed by atoms with van der Waals surface area (Å²) in [5.41, 5.74) is 0.597. The molecule has 0 aromatic rings. The Bertz CT molecular complexity index is 533. The van der Waals surface area contributed by atoms with Crippen LogP contribution < -0.4 is 0 Å². The highest BCUT2D eigenvalue weighted by atomic mass is 32.2. The fourth-order valence-electron chi connectivity index (χ4n) is 1.63. The van der Waals surface area contributed by atoms with Gasteiger partial charge in [-0.1, -0.05) is 13.2 Å². The number of sulfonamides is 1. The van der Waals surface area contributed by atoms with E-state index in [0.717, 1.165) is 0 Å². The molecule has 0 radical (unpaired) electrons. The molecule has 24 heavy (non-hydrogen) atoms. The third kappa shape index (κ3) is 8.83. The molecular weight excluding hydrogens is 334 g/mol. The quantitative estimate of drug-likeness (QED) is 0.298. The van der Waals surface area contributed by atoms with Crippen LogP contribution in [-0.4, -0.2) is 56.7 Å². The van der Waals surface area contributed by atoms with Crippen molar-refractivity contribution in [1.29, 1.82) is 0 Å². The molecule has 0 aliphatic heterocycles. The highest BCUT2D eigenvalue weighted by Crippen LogP contribution is 2.06. The van der Waals surface area contributed by atoms with Crippen molar-refractivity contribution in [2.24, 2.45) is 0 Å². The van der Waals surface area contributed by atoms with Crippen molar-refractivity contribution in [1.82, 2.24) is 4.31 Å². The molecule has 0 aliphatic rings. The van der Waals surface area contributed by atoms with Gasteiger partial charge in [-0.2, -0.15) is 0 Å². The second kappa shape index (κ2) is 11.0. The minimum atomic E-state index is -3.38. The van der Waals surface area contributed by atoms with Crippen molar-refractivity contribution in [3.05, 3.63) is 24.3 Å². The van der Waals surface area contributed by atoms with E-state index in [0.29, 0.717) is 24.0 Å². The Morgan fingerprint density at radius 2 is 1.29 bits per heavy atom. The molecule has 0 rings (SSSR count). The molecule has 138 valence electrons. The Morgan fingerprint density at radius 1 is 0.917 bits per heavy atom. The molecule has 0 saturated heterocycles. The Morgan fingerprint density at radius 3 is 1.58 bits per heavy atom. The lowest BCUT2D eigenvalue weighted by Crippen LogP contribution is -2.35. The monoisotopic (exact) mass is 361 g/mol. The molecule has 0 spiro atoms. The van der Waals surface area contributed by atoms with Crippen molar-refractivity contribution in [3.8, 4) is 0 Å². The Hall–Kier alpha value is -1.67. The first-order chi connectivity index (χ1) is 11.1. The van der Waals surface area contributed by atoms with Gasteiger partial charge in [0.05, 0.1) is 19.0 Å². The van der Waals surface area contributed by atoms with Gasteiger partial charge < -0.3 is 9.47 Å². The van der Waals surface area contributed by atoms with Crippen molar-refractivity contribution < 1.29 is 27.5 Å². The summed E-state index contributed by atoms with van der Waals surface area (Å²) in [4.78, 5) is 22.5. The van der Waals surface area contributed by atoms with Crippen LogP contribution in [0.3, 0.4) is 0 Å². The average molecular weight is 361 g/mol. The maximum atomic E-state index is 12.1. The number of esters is 2. The number of rotatable bonds is 12. The zero-order valence-corrected chi connectivity index (χ0v) is 15.5. The summed E-state index contributed by atoms with van der Waals surface area (Å²) in [6.45, 7) is 12.3. The Labute approximate surface area is 144 Å². The number of carbonyl (C=O) groups is 2. The lowest BCUT2D eigenvalue weighted by Gasteiger charge is -2.21. The van der Waals surface area contributed by atoms with Gasteiger partial charge in [-0.3, -0.25) is 0 Å². The standard InChI is InChI=1S/C16H27NO6S/c1-6-24(20,21)17(9-7-11-22-15(18)13(2)3)10-8-12-23-16(19)14(4)5/h2,4,6-12H2,1,3,5H3. The number of hydrogen-bond acceptors (Lipinski definition) is 6. The van der Waals surface area contributed by atoms with Gasteiger partial charge in [0.25, 0.3) is 0 Å². The molecule has 0 fully saturated rings. The number of carbonyl (C=O) groups excluding carboxylic acids is 2. The van der Waals surface area contributed by atoms with Gasteiger partial charge in [0.1, 0.15) is 0 Å². The van der Waals surface area contributed by atoms with Crippen LogP contribution in [0.2, 0.25) is 0 Å². The largest absolute Gasteiger partial charge is 0.462 e. The van der Waals surface area contributed by atoms with E-state index in [1.54, 1.807) is 20.8 Å². The van der Waals surface area contributed by atoms with Crippen LogP contribution >= 0.6 is 0 Å². The molecular formula is C16H27NO6S. The molecule has 8 heteroatoms. The fraction of sp³-hybridized carbons (Fsp3) is 0.625. The van der Waals surface area contributed by atoms with Gasteiger partial charge in [0.15, 0.2) is 0 Å². The lowest BCUT2D eigenvalue weighted by molar-refractivity contribution is -0.139. The van der Waals surface area contributed by atoms with Gasteiger partial charge in [0.2, 0.25) is 10.0 Å². The topological polar surface area (TPSA) is 90.0 Å². The van der Waals surface area contributed by atoms with E-state index >= 15 is 0 Å². The Kier molecular flexibility index (Phi) is 10.2. The minimum absolute atomic E-state index is 0.0237. The minimum Gasteiger partial charge on any atom is -0.462 e. The predicted molar refractivity (Wildman–Crippen MR) is 91.8 cm³/mol. The molecule has 0 aliphatic carbocycles. The van der Waals surface area contributed by atoms with Crippen LogP contribution in [0.1, 0.15) is 33.6 Å². The molecule has 0 bridgehead atoms. The molecule has 0 N–H and O–H groups in total. The van der Waals surface area contributed by atoms with Crippen molar-refractivity contribution in [2.45, 2.75) is 33.6 Å². The first-order valence-electron chi connectivity index (χ1n) is 7.75. The highest BCUT2D eigenvalue weighted by Gasteiger charge is 2.19. The summed E-state index contributed by atoms with van der Waals surface area (Å²) in [5.74, 6) is -1.01. The first-order valence-corrected chi connectivity index (χ1v) is 9.35. The highest BCUT2D eigenvalue weighted by molar-refractivity contribution is 7.89. The normalized spacial score (nSPS) is 11.2. The molecule has 0 amide bonds. The van der Waals surface area contributed by atoms with E-state index in [-0.39, 0.29) is 32.1 Å². The predicted octanol–water partition coefficient (Wildman–Crippen LogP) is 1.66. The average Bonchev–Trinajstić information content (AvgIpc) is 2.52. The number of nitrogens with zero attached hydrogens (tertiary/aromatic N) is 1. The third-order valence-electron chi connectivity index (χ3n) is 3.03. The summed E-state index contributed by atoms with van der Waals surface area (Å²) in [5, 5.41) is 0. The number of ether oxygens (including phenoxy) is 2. The number of hydrogen-bond donors (Lipinski definition) is 0. The van der Waals surface area contributed by atoms with Gasteiger partial charge in [-0.05, 0) is 33.6 Å². The summed E-state index contributed by atoms with van der Waals surface area (Å²) >= 11 is 0. The van der Waals surface area contributed by atoms with Crippen LogP contribution in [0.5, 0.6) is 0 Å². The lowest BCUT2D eigenvalue weighted by atomic mass is 10.3. The molecule has 0 atom stereocenters. The van der Waals surface area contributed by atoms with E-state index in [4.69, 9.17) is 9.47 Å². The van der Waals surface area contributed by atoms with E-state index < -0.39 is 22.0 Å². The summed E-state index contributed by atoms with van der Waals surface area (Å²) in [6.07, 6.45) is 0.758. The van der Waals surface area contributed by atoms with Gasteiger partial charge >= 0.3 is 11.9 Å². The molecule has 0 heterocycles. The third-order valence-corrected chi connectivity index (χ3v) is 4.91. The molecule has 0 saturated carbocycles. The maximum absolute atomic E-state index is 12.1. The van der Waals surface area contributed by atoms with Crippen molar-refractivity contribution in [2.75, 3.05) is 32.1 Å². The summed E-state index contributed by atoms with van der Waals surface area (Å²) < 4.78 is 35.3. The zero-order chi connectivity index (χ0) is 18.8. The van der Waals surface area contributed by atoms with Gasteiger partial charge in [-0.25, -0.2) is 22.3 Å². The van der Waals surface area contributed by atoms with Crippen LogP contribution in [0.25, 0.3) is 0 Å². The maximum Gasteiger partial charge on any atom is 0.333 e. The molecule has 7 nitrogen and oxygen atoms in total. The summed E-state index contributed by atoms with van der Waals surface area (Å²) in [7, 11) is -3.38. The van der Waals surface area contributed by atoms with Crippen molar-refractivity contribution >= 4 is 22.0 Å². The van der Waals surface area contributed by atoms with Crippen LogP contribution in [-0.2, 0) is 29.1 Å². The van der Waals surface area contributed by atoms with Crippen LogP contribution in [0.15, 0.2) is 24.3 Å². The van der Waals surface area contributed by atoms with E-state index in [1.165, 1.54) is 4.31 Å². The van der Waals surface area contributed by atoms with E-state index in [9.17, 15) is 18.0 Å². The van der Waals surface area contributed by atoms with E-state index in [1.807, 2.05) is 0 Å². The molecule has 0 aromatic carbocycles. The Balaban J connectivity index is 4.36. The van der Waals surface area contributed by atoms with E-state index in [2.05, 4.69) is 13.2 Å². The second-order valence-corrected chi connectivity index (χ2v) is 7.60. The van der Waals surface area contributed by atoms with Crippen molar-refractivity contribution in [3.63, 3.8) is 0 Å². The molecule has 0 aromatic heterocycles. The smallest absolute Gasteiger partial charge is 0.333 e. The van der Waals surface area contributed by atoms with Gasteiger partial charge in [0, 0.05) is 24.2 Å².